The zero-order valence-electron chi connectivity index (χ0n) is 16.8. The van der Waals surface area contributed by atoms with Gasteiger partial charge in [0.15, 0.2) is 0 Å². The number of rotatable bonds is 9. The number of hydrogen-bond donors (Lipinski definition) is 1. The summed E-state index contributed by atoms with van der Waals surface area (Å²) < 4.78 is 36.9. The Morgan fingerprint density at radius 1 is 1.21 bits per heavy atom. The molecule has 2 aromatic carbocycles. The van der Waals surface area contributed by atoms with Crippen molar-refractivity contribution in [3.8, 4) is 11.5 Å². The Balaban J connectivity index is 2.04. The first-order valence-electron chi connectivity index (χ1n) is 9.01. The van der Waals surface area contributed by atoms with Gasteiger partial charge in [0, 0.05) is 7.05 Å². The van der Waals surface area contributed by atoms with E-state index in [1.807, 2.05) is 19.1 Å². The van der Waals surface area contributed by atoms with Gasteiger partial charge in [0.25, 0.3) is 0 Å². The SMILES string of the molecule is CCOc1ccc(S(=O)(=O)N(C)CC(=O)N[C@@H](C)c2ccc(OC)cc2)cc1Cl. The number of nitrogens with one attached hydrogen (secondary N) is 1. The third-order valence-corrected chi connectivity index (χ3v) is 6.37. The lowest BCUT2D eigenvalue weighted by Crippen LogP contribution is -2.39. The molecule has 0 saturated carbocycles. The van der Waals surface area contributed by atoms with Crippen molar-refractivity contribution in [1.29, 1.82) is 0 Å². The van der Waals surface area contributed by atoms with E-state index >= 15 is 0 Å². The van der Waals surface area contributed by atoms with E-state index in [0.717, 1.165) is 9.87 Å². The maximum absolute atomic E-state index is 12.7. The van der Waals surface area contributed by atoms with Gasteiger partial charge in [0.05, 0.1) is 36.2 Å². The van der Waals surface area contributed by atoms with Gasteiger partial charge in [-0.1, -0.05) is 23.7 Å². The molecule has 0 heterocycles. The zero-order valence-corrected chi connectivity index (χ0v) is 18.4. The molecule has 0 bridgehead atoms. The monoisotopic (exact) mass is 440 g/mol. The van der Waals surface area contributed by atoms with Crippen LogP contribution in [0.3, 0.4) is 0 Å². The minimum atomic E-state index is -3.88. The van der Waals surface area contributed by atoms with Gasteiger partial charge in [-0.3, -0.25) is 4.79 Å². The number of halogens is 1. The first kappa shape index (κ1) is 23.0. The molecular formula is C20H25ClN2O5S. The van der Waals surface area contributed by atoms with Crippen LogP contribution >= 0.6 is 11.6 Å². The van der Waals surface area contributed by atoms with E-state index in [2.05, 4.69) is 5.32 Å². The largest absolute Gasteiger partial charge is 0.497 e. The minimum Gasteiger partial charge on any atom is -0.497 e. The van der Waals surface area contributed by atoms with Gasteiger partial charge in [-0.2, -0.15) is 4.31 Å². The van der Waals surface area contributed by atoms with Crippen molar-refractivity contribution in [1.82, 2.24) is 9.62 Å². The van der Waals surface area contributed by atoms with Crippen LogP contribution in [-0.2, 0) is 14.8 Å². The number of ether oxygens (including phenoxy) is 2. The Bertz CT molecular complexity index is 948. The number of nitrogens with zero attached hydrogens (tertiary/aromatic N) is 1. The van der Waals surface area contributed by atoms with Crippen LogP contribution in [0.1, 0.15) is 25.5 Å². The van der Waals surface area contributed by atoms with Gasteiger partial charge >= 0.3 is 0 Å². The maximum Gasteiger partial charge on any atom is 0.243 e. The van der Waals surface area contributed by atoms with E-state index < -0.39 is 15.9 Å². The molecule has 1 atom stereocenters. The summed E-state index contributed by atoms with van der Waals surface area (Å²) in [5.74, 6) is 0.699. The minimum absolute atomic E-state index is 0.00976. The quantitative estimate of drug-likeness (QED) is 0.647. The van der Waals surface area contributed by atoms with Crippen molar-refractivity contribution in [2.75, 3.05) is 27.3 Å². The molecule has 0 spiro atoms. The first-order chi connectivity index (χ1) is 13.7. The van der Waals surface area contributed by atoms with Gasteiger partial charge in [-0.25, -0.2) is 8.42 Å². The number of methoxy groups -OCH3 is 1. The van der Waals surface area contributed by atoms with Crippen LogP contribution < -0.4 is 14.8 Å². The number of benzene rings is 2. The highest BCUT2D eigenvalue weighted by atomic mass is 35.5. The molecule has 0 fully saturated rings. The van der Waals surface area contributed by atoms with Crippen LogP contribution in [0.4, 0.5) is 0 Å². The van der Waals surface area contributed by atoms with Crippen molar-refractivity contribution in [3.05, 3.63) is 53.1 Å². The predicted octanol–water partition coefficient (Wildman–Crippen LogP) is 3.25. The predicted molar refractivity (Wildman–Crippen MR) is 112 cm³/mol. The normalized spacial score (nSPS) is 12.5. The summed E-state index contributed by atoms with van der Waals surface area (Å²) in [4.78, 5) is 12.3. The average molecular weight is 441 g/mol. The van der Waals surface area contributed by atoms with Crippen LogP contribution in [0, 0.1) is 0 Å². The van der Waals surface area contributed by atoms with E-state index in [4.69, 9.17) is 21.1 Å². The van der Waals surface area contributed by atoms with Crippen molar-refractivity contribution in [2.24, 2.45) is 0 Å². The van der Waals surface area contributed by atoms with Crippen LogP contribution in [-0.4, -0.2) is 45.9 Å². The lowest BCUT2D eigenvalue weighted by molar-refractivity contribution is -0.121. The third kappa shape index (κ3) is 5.85. The molecule has 0 radical (unpaired) electrons. The second kappa shape index (κ2) is 9.96. The molecule has 9 heteroatoms. The highest BCUT2D eigenvalue weighted by Crippen LogP contribution is 2.28. The van der Waals surface area contributed by atoms with Crippen LogP contribution in [0.5, 0.6) is 11.5 Å². The Morgan fingerprint density at radius 2 is 1.86 bits per heavy atom. The van der Waals surface area contributed by atoms with Gasteiger partial charge in [-0.15, -0.1) is 0 Å². The van der Waals surface area contributed by atoms with Crippen molar-refractivity contribution in [3.63, 3.8) is 0 Å². The molecule has 0 saturated heterocycles. The van der Waals surface area contributed by atoms with Gasteiger partial charge in [-0.05, 0) is 49.7 Å². The van der Waals surface area contributed by atoms with E-state index in [1.54, 1.807) is 26.2 Å². The molecule has 7 nitrogen and oxygen atoms in total. The molecule has 2 aromatic rings. The fourth-order valence-corrected chi connectivity index (χ4v) is 4.10. The maximum atomic E-state index is 12.7. The smallest absolute Gasteiger partial charge is 0.243 e. The third-order valence-electron chi connectivity index (χ3n) is 4.27. The molecule has 0 aliphatic rings. The molecule has 0 aromatic heterocycles. The van der Waals surface area contributed by atoms with Gasteiger partial charge in [0.1, 0.15) is 11.5 Å². The van der Waals surface area contributed by atoms with Gasteiger partial charge in [0.2, 0.25) is 15.9 Å². The summed E-state index contributed by atoms with van der Waals surface area (Å²) in [7, 11) is -0.960. The lowest BCUT2D eigenvalue weighted by Gasteiger charge is -2.20. The van der Waals surface area contributed by atoms with Crippen LogP contribution in [0.2, 0.25) is 5.02 Å². The average Bonchev–Trinajstić information content (AvgIpc) is 2.69. The topological polar surface area (TPSA) is 84.9 Å². The second-order valence-electron chi connectivity index (χ2n) is 6.35. The summed E-state index contributed by atoms with van der Waals surface area (Å²) in [5, 5.41) is 2.99. The molecule has 1 N–H and O–H groups in total. The number of sulfonamides is 1. The number of hydrogen-bond acceptors (Lipinski definition) is 5. The molecule has 0 aliphatic heterocycles. The second-order valence-corrected chi connectivity index (χ2v) is 8.80. The summed E-state index contributed by atoms with van der Waals surface area (Å²) in [6.45, 7) is 3.71. The Kier molecular flexibility index (Phi) is 7.89. The Hall–Kier alpha value is -2.29. The van der Waals surface area contributed by atoms with Crippen LogP contribution in [0.15, 0.2) is 47.4 Å². The highest BCUT2D eigenvalue weighted by Gasteiger charge is 2.24. The molecule has 29 heavy (non-hydrogen) atoms. The summed E-state index contributed by atoms with van der Waals surface area (Å²) in [5.41, 5.74) is 0.878. The fourth-order valence-electron chi connectivity index (χ4n) is 2.64. The standard InChI is InChI=1S/C20H25ClN2O5S/c1-5-28-19-11-10-17(12-18(19)21)29(25,26)23(3)13-20(24)22-14(2)15-6-8-16(27-4)9-7-15/h6-12,14H,5,13H2,1-4H3,(H,22,24)/t14-/m0/s1. The number of likely N-dealkylation sites (N-methyl/N-ethyl adjacent to an activating group) is 1. The van der Waals surface area contributed by atoms with E-state index in [0.29, 0.717) is 18.1 Å². The Morgan fingerprint density at radius 3 is 2.41 bits per heavy atom. The number of carbonyl (C=O) groups is 1. The van der Waals surface area contributed by atoms with Crippen molar-refractivity contribution in [2.45, 2.75) is 24.8 Å². The summed E-state index contributed by atoms with van der Waals surface area (Å²) >= 11 is 6.09. The molecule has 0 unspecified atom stereocenters. The van der Waals surface area contributed by atoms with E-state index in [-0.39, 0.29) is 22.5 Å². The lowest BCUT2D eigenvalue weighted by atomic mass is 10.1. The van der Waals surface area contributed by atoms with E-state index in [9.17, 15) is 13.2 Å². The van der Waals surface area contributed by atoms with Crippen molar-refractivity contribution < 1.29 is 22.7 Å². The summed E-state index contributed by atoms with van der Waals surface area (Å²) in [6.07, 6.45) is 0. The Labute approximate surface area is 176 Å². The fraction of sp³-hybridized carbons (Fsp3) is 0.350. The van der Waals surface area contributed by atoms with Crippen LogP contribution in [0.25, 0.3) is 0 Å². The highest BCUT2D eigenvalue weighted by molar-refractivity contribution is 7.89. The molecule has 2 rings (SSSR count). The summed E-state index contributed by atoms with van der Waals surface area (Å²) in [6, 6.07) is 11.2. The number of amides is 1. The molecule has 158 valence electrons. The molecule has 1 amide bonds. The molecule has 0 aliphatic carbocycles. The van der Waals surface area contributed by atoms with Gasteiger partial charge < -0.3 is 14.8 Å². The molecular weight excluding hydrogens is 416 g/mol. The zero-order chi connectivity index (χ0) is 21.6. The first-order valence-corrected chi connectivity index (χ1v) is 10.8. The van der Waals surface area contributed by atoms with Crippen molar-refractivity contribution >= 4 is 27.5 Å². The van der Waals surface area contributed by atoms with E-state index in [1.165, 1.54) is 25.2 Å². The number of carbonyl (C=O) groups excluding carboxylic acids is 1.